The van der Waals surface area contributed by atoms with Crippen LogP contribution in [0.5, 0.6) is 0 Å². The monoisotopic (exact) mass is 379 g/mol. The summed E-state index contributed by atoms with van der Waals surface area (Å²) in [5, 5.41) is 7.98. The Balaban J connectivity index is 1.74. The zero-order chi connectivity index (χ0) is 19.2. The average Bonchev–Trinajstić information content (AvgIpc) is 3.12. The van der Waals surface area contributed by atoms with Gasteiger partial charge in [-0.25, -0.2) is 13.2 Å². The van der Waals surface area contributed by atoms with Crippen LogP contribution in [0.1, 0.15) is 29.1 Å². The number of sulfone groups is 1. The Morgan fingerprint density at radius 1 is 1.08 bits per heavy atom. The van der Waals surface area contributed by atoms with Crippen molar-refractivity contribution in [3.05, 3.63) is 54.0 Å². The third-order valence-corrected chi connectivity index (χ3v) is 4.73. The molecule has 0 saturated heterocycles. The van der Waals surface area contributed by atoms with Crippen LogP contribution in [-0.2, 0) is 9.84 Å². The quantitative estimate of drug-likeness (QED) is 0.630. The van der Waals surface area contributed by atoms with Gasteiger partial charge in [-0.1, -0.05) is 12.1 Å². The molecule has 0 saturated carbocycles. The molecule has 140 valence electrons. The van der Waals surface area contributed by atoms with Crippen LogP contribution in [0.3, 0.4) is 0 Å². The molecule has 26 heavy (non-hydrogen) atoms. The summed E-state index contributed by atoms with van der Waals surface area (Å²) in [6.45, 7) is 2.29. The van der Waals surface area contributed by atoms with Gasteiger partial charge in [0.15, 0.2) is 15.6 Å². The lowest BCUT2D eigenvalue weighted by Gasteiger charge is -2.15. The lowest BCUT2D eigenvalue weighted by atomic mass is 10.1. The van der Waals surface area contributed by atoms with Crippen LogP contribution >= 0.6 is 0 Å². The molecule has 0 fully saturated rings. The van der Waals surface area contributed by atoms with Crippen molar-refractivity contribution in [3.63, 3.8) is 0 Å². The minimum absolute atomic E-state index is 0.209. The van der Waals surface area contributed by atoms with Gasteiger partial charge in [0.2, 0.25) is 0 Å². The molecule has 8 nitrogen and oxygen atoms in total. The number of urea groups is 1. The first-order valence-electron chi connectivity index (χ1n) is 7.93. The van der Waals surface area contributed by atoms with E-state index >= 15 is 0 Å². The van der Waals surface area contributed by atoms with Gasteiger partial charge < -0.3 is 20.4 Å². The largest absolute Gasteiger partial charge is 0.459 e. The Labute approximate surface area is 151 Å². The average molecular weight is 379 g/mol. The van der Waals surface area contributed by atoms with Crippen molar-refractivity contribution >= 4 is 21.8 Å². The predicted octanol–water partition coefficient (Wildman–Crippen LogP) is 1.47. The van der Waals surface area contributed by atoms with Crippen molar-refractivity contribution in [1.82, 2.24) is 16.0 Å². The second-order valence-corrected chi connectivity index (χ2v) is 7.71. The highest BCUT2D eigenvalue weighted by Crippen LogP contribution is 2.16. The first kappa shape index (κ1) is 19.5. The number of rotatable bonds is 7. The molecule has 0 spiro atoms. The molecule has 1 aromatic carbocycles. The summed E-state index contributed by atoms with van der Waals surface area (Å²) in [5.74, 6) is -0.142. The van der Waals surface area contributed by atoms with E-state index in [0.717, 1.165) is 11.8 Å². The maximum Gasteiger partial charge on any atom is 0.315 e. The summed E-state index contributed by atoms with van der Waals surface area (Å²) in [6.07, 6.45) is 2.55. The Bertz CT molecular complexity index is 845. The number of nitrogens with one attached hydrogen (secondary N) is 3. The first-order valence-corrected chi connectivity index (χ1v) is 9.82. The van der Waals surface area contributed by atoms with Crippen LogP contribution < -0.4 is 16.0 Å². The van der Waals surface area contributed by atoms with Crippen LogP contribution in [0.25, 0.3) is 0 Å². The number of hydrogen-bond acceptors (Lipinski definition) is 5. The molecule has 9 heteroatoms. The highest BCUT2D eigenvalue weighted by atomic mass is 32.2. The molecule has 2 aromatic rings. The predicted molar refractivity (Wildman–Crippen MR) is 95.5 cm³/mol. The maximum absolute atomic E-state index is 11.9. The molecule has 0 bridgehead atoms. The first-order chi connectivity index (χ1) is 12.3. The molecule has 1 aromatic heterocycles. The molecular formula is C17H21N3O5S. The lowest BCUT2D eigenvalue weighted by Crippen LogP contribution is -2.41. The Hall–Kier alpha value is -2.81. The summed E-state index contributed by atoms with van der Waals surface area (Å²) in [5.41, 5.74) is 0.777. The van der Waals surface area contributed by atoms with Gasteiger partial charge in [0.05, 0.1) is 17.2 Å². The summed E-state index contributed by atoms with van der Waals surface area (Å²) in [4.78, 5) is 23.7. The number of furan rings is 1. The van der Waals surface area contributed by atoms with E-state index in [0.29, 0.717) is 0 Å². The maximum atomic E-state index is 11.9. The van der Waals surface area contributed by atoms with Gasteiger partial charge in [-0.05, 0) is 36.8 Å². The molecule has 0 radical (unpaired) electrons. The lowest BCUT2D eigenvalue weighted by molar-refractivity contribution is 0.0926. The molecule has 1 atom stereocenters. The second kappa shape index (κ2) is 8.52. The molecule has 3 amide bonds. The standard InChI is InChI=1S/C17H21N3O5S/c1-12(13-5-7-14(8-6-13)26(2,23)24)20-17(22)19-10-9-18-16(21)15-4-3-11-25-15/h3-8,11-12H,9-10H2,1-2H3,(H,18,21)(H2,19,20,22). The van der Waals surface area contributed by atoms with Crippen LogP contribution in [0, 0.1) is 0 Å². The summed E-state index contributed by atoms with van der Waals surface area (Å²) in [6, 6.07) is 8.79. The van der Waals surface area contributed by atoms with Crippen LogP contribution in [0.4, 0.5) is 4.79 Å². The van der Waals surface area contributed by atoms with Gasteiger partial charge in [-0.2, -0.15) is 0 Å². The Kier molecular flexibility index (Phi) is 6.40. The van der Waals surface area contributed by atoms with Crippen molar-refractivity contribution in [1.29, 1.82) is 0 Å². The van der Waals surface area contributed by atoms with Crippen molar-refractivity contribution in [2.45, 2.75) is 17.9 Å². The van der Waals surface area contributed by atoms with Crippen molar-refractivity contribution in [2.24, 2.45) is 0 Å². The minimum Gasteiger partial charge on any atom is -0.459 e. The van der Waals surface area contributed by atoms with E-state index in [1.54, 1.807) is 31.2 Å². The molecule has 0 aliphatic rings. The number of hydrogen-bond donors (Lipinski definition) is 3. The van der Waals surface area contributed by atoms with E-state index in [9.17, 15) is 18.0 Å². The highest BCUT2D eigenvalue weighted by Gasteiger charge is 2.12. The fourth-order valence-electron chi connectivity index (χ4n) is 2.18. The number of carbonyl (C=O) groups excluding carboxylic acids is 2. The second-order valence-electron chi connectivity index (χ2n) is 5.70. The van der Waals surface area contributed by atoms with Crippen LogP contribution in [-0.4, -0.2) is 39.7 Å². The highest BCUT2D eigenvalue weighted by molar-refractivity contribution is 7.90. The van der Waals surface area contributed by atoms with Gasteiger partial charge in [0.25, 0.3) is 5.91 Å². The third-order valence-electron chi connectivity index (χ3n) is 3.60. The fourth-order valence-corrected chi connectivity index (χ4v) is 2.81. The minimum atomic E-state index is -3.25. The zero-order valence-corrected chi connectivity index (χ0v) is 15.3. The molecule has 2 rings (SSSR count). The molecule has 0 aliphatic carbocycles. The molecule has 3 N–H and O–H groups in total. The van der Waals surface area contributed by atoms with Gasteiger partial charge >= 0.3 is 6.03 Å². The van der Waals surface area contributed by atoms with Crippen molar-refractivity contribution in [2.75, 3.05) is 19.3 Å². The summed E-state index contributed by atoms with van der Waals surface area (Å²) in [7, 11) is -3.25. The van der Waals surface area contributed by atoms with E-state index in [-0.39, 0.29) is 35.7 Å². The molecule has 0 aliphatic heterocycles. The van der Waals surface area contributed by atoms with Crippen LogP contribution in [0.2, 0.25) is 0 Å². The normalized spacial score (nSPS) is 12.2. The van der Waals surface area contributed by atoms with Crippen molar-refractivity contribution in [3.8, 4) is 0 Å². The van der Waals surface area contributed by atoms with Gasteiger partial charge in [-0.15, -0.1) is 0 Å². The topological polar surface area (TPSA) is 118 Å². The molecule has 1 unspecified atom stereocenters. The number of carbonyl (C=O) groups is 2. The van der Waals surface area contributed by atoms with E-state index < -0.39 is 15.9 Å². The smallest absolute Gasteiger partial charge is 0.315 e. The van der Waals surface area contributed by atoms with E-state index in [1.807, 2.05) is 0 Å². The number of benzene rings is 1. The molecule has 1 heterocycles. The Morgan fingerprint density at radius 3 is 2.31 bits per heavy atom. The van der Waals surface area contributed by atoms with E-state index in [2.05, 4.69) is 16.0 Å². The van der Waals surface area contributed by atoms with Crippen LogP contribution in [0.15, 0.2) is 52.0 Å². The molecular weight excluding hydrogens is 358 g/mol. The third kappa shape index (κ3) is 5.62. The summed E-state index contributed by atoms with van der Waals surface area (Å²) >= 11 is 0. The SMILES string of the molecule is CC(NC(=O)NCCNC(=O)c1ccco1)c1ccc(S(C)(=O)=O)cc1. The summed E-state index contributed by atoms with van der Waals surface area (Å²) < 4.78 is 27.8. The van der Waals surface area contributed by atoms with E-state index in [1.165, 1.54) is 18.4 Å². The van der Waals surface area contributed by atoms with Gasteiger partial charge in [-0.3, -0.25) is 4.79 Å². The van der Waals surface area contributed by atoms with Gasteiger partial charge in [0, 0.05) is 19.3 Å². The fraction of sp³-hybridized carbons (Fsp3) is 0.294. The zero-order valence-electron chi connectivity index (χ0n) is 14.5. The van der Waals surface area contributed by atoms with Crippen molar-refractivity contribution < 1.29 is 22.4 Å². The number of amides is 3. The Morgan fingerprint density at radius 2 is 1.73 bits per heavy atom. The van der Waals surface area contributed by atoms with Gasteiger partial charge in [0.1, 0.15) is 0 Å². The van der Waals surface area contributed by atoms with E-state index in [4.69, 9.17) is 4.42 Å².